The van der Waals surface area contributed by atoms with Crippen LogP contribution in [0.3, 0.4) is 0 Å². The molecule has 0 aliphatic rings. The Morgan fingerprint density at radius 1 is 1.61 bits per heavy atom. The van der Waals surface area contributed by atoms with E-state index in [9.17, 15) is 4.79 Å². The molecule has 0 spiro atoms. The van der Waals surface area contributed by atoms with E-state index in [1.54, 1.807) is 17.9 Å². The third-order valence-corrected chi connectivity index (χ3v) is 3.37. The highest BCUT2D eigenvalue weighted by atomic mass is 32.1. The number of aryl methyl sites for hydroxylation is 1. The van der Waals surface area contributed by atoms with E-state index in [1.165, 1.54) is 11.3 Å². The summed E-state index contributed by atoms with van der Waals surface area (Å²) in [6, 6.07) is 0. The van der Waals surface area contributed by atoms with E-state index in [-0.39, 0.29) is 11.7 Å². The van der Waals surface area contributed by atoms with Gasteiger partial charge in [-0.2, -0.15) is 5.10 Å². The number of nitrogens with zero attached hydrogens (tertiary/aromatic N) is 3. The average molecular weight is 266 g/mol. The third kappa shape index (κ3) is 2.59. The molecular weight excluding hydrogens is 252 g/mol. The van der Waals surface area contributed by atoms with Crippen LogP contribution in [0.1, 0.15) is 15.2 Å². The van der Waals surface area contributed by atoms with Gasteiger partial charge in [0.2, 0.25) is 0 Å². The highest BCUT2D eigenvalue weighted by molar-refractivity contribution is 7.18. The fourth-order valence-corrected chi connectivity index (χ4v) is 2.18. The first kappa shape index (κ1) is 12.4. The lowest BCUT2D eigenvalue weighted by molar-refractivity contribution is 0.0955. The monoisotopic (exact) mass is 266 g/mol. The number of hydrogen-bond acceptors (Lipinski definition) is 6. The minimum Gasteiger partial charge on any atom is -0.382 e. The molecule has 0 radical (unpaired) electrons. The van der Waals surface area contributed by atoms with E-state index in [2.05, 4.69) is 20.7 Å². The fraction of sp³-hybridized carbons (Fsp3) is 0.300. The molecule has 96 valence electrons. The Morgan fingerprint density at radius 2 is 2.39 bits per heavy atom. The Kier molecular flexibility index (Phi) is 3.47. The molecule has 0 fully saturated rings. The molecule has 8 heteroatoms. The highest BCUT2D eigenvalue weighted by Crippen LogP contribution is 2.24. The van der Waals surface area contributed by atoms with Crippen LogP contribution in [0, 0.1) is 0 Å². The number of hydrogen-bond donors (Lipinski definition) is 3. The number of nitrogen functional groups attached to an aromatic ring is 1. The lowest BCUT2D eigenvalue weighted by Crippen LogP contribution is -2.22. The van der Waals surface area contributed by atoms with Gasteiger partial charge in [0.15, 0.2) is 5.13 Å². The van der Waals surface area contributed by atoms with Crippen LogP contribution in [0.2, 0.25) is 0 Å². The van der Waals surface area contributed by atoms with Crippen LogP contribution in [-0.2, 0) is 13.6 Å². The van der Waals surface area contributed by atoms with Crippen LogP contribution in [0.5, 0.6) is 0 Å². The molecule has 0 unspecified atom stereocenters. The summed E-state index contributed by atoms with van der Waals surface area (Å²) in [5.74, 6) is 0.0170. The summed E-state index contributed by atoms with van der Waals surface area (Å²) in [5, 5.41) is 10.3. The second-order valence-corrected chi connectivity index (χ2v) is 4.69. The molecule has 0 aliphatic heterocycles. The van der Waals surface area contributed by atoms with Gasteiger partial charge in [-0.3, -0.25) is 9.48 Å². The minimum atomic E-state index is -0.227. The Labute approximate surface area is 108 Å². The molecule has 2 aromatic heterocycles. The zero-order valence-electron chi connectivity index (χ0n) is 10.1. The molecule has 1 amide bonds. The number of amides is 1. The van der Waals surface area contributed by atoms with E-state index >= 15 is 0 Å². The maximum absolute atomic E-state index is 11.9. The zero-order chi connectivity index (χ0) is 13.1. The number of carbonyl (C=O) groups is 1. The first-order chi connectivity index (χ1) is 8.60. The lowest BCUT2D eigenvalue weighted by atomic mass is 10.3. The number of rotatable bonds is 4. The zero-order valence-corrected chi connectivity index (χ0v) is 10.9. The SMILES string of the molecule is CNc1nc(N)c(C(=O)NCc2cnn(C)c2)s1. The van der Waals surface area contributed by atoms with Crippen molar-refractivity contribution in [1.82, 2.24) is 20.1 Å². The molecule has 0 aromatic carbocycles. The summed E-state index contributed by atoms with van der Waals surface area (Å²) in [5.41, 5.74) is 6.61. The fourth-order valence-electron chi connectivity index (χ4n) is 1.43. The van der Waals surface area contributed by atoms with Crippen molar-refractivity contribution in [1.29, 1.82) is 0 Å². The Bertz CT molecular complexity index is 560. The molecule has 7 nitrogen and oxygen atoms in total. The Morgan fingerprint density at radius 3 is 2.94 bits per heavy atom. The number of carbonyl (C=O) groups excluding carboxylic acids is 1. The number of thiazole rings is 1. The van der Waals surface area contributed by atoms with Crippen molar-refractivity contribution < 1.29 is 4.79 Å². The normalized spacial score (nSPS) is 10.3. The van der Waals surface area contributed by atoms with Gasteiger partial charge < -0.3 is 16.4 Å². The summed E-state index contributed by atoms with van der Waals surface area (Å²) in [6.45, 7) is 0.416. The van der Waals surface area contributed by atoms with Gasteiger partial charge in [0.05, 0.1) is 6.20 Å². The van der Waals surface area contributed by atoms with Gasteiger partial charge in [0.1, 0.15) is 10.7 Å². The van der Waals surface area contributed by atoms with E-state index in [0.29, 0.717) is 16.6 Å². The molecule has 2 rings (SSSR count). The van der Waals surface area contributed by atoms with Crippen molar-refractivity contribution in [3.05, 3.63) is 22.8 Å². The smallest absolute Gasteiger partial charge is 0.265 e. The summed E-state index contributed by atoms with van der Waals surface area (Å²) in [6.07, 6.45) is 3.55. The molecule has 4 N–H and O–H groups in total. The summed E-state index contributed by atoms with van der Waals surface area (Å²) in [7, 11) is 3.56. The van der Waals surface area contributed by atoms with Gasteiger partial charge in [-0.15, -0.1) is 0 Å². The molecule has 18 heavy (non-hydrogen) atoms. The molecule has 0 saturated carbocycles. The molecule has 2 heterocycles. The quantitative estimate of drug-likeness (QED) is 0.745. The van der Waals surface area contributed by atoms with Crippen molar-refractivity contribution >= 4 is 28.2 Å². The molecule has 0 saturated heterocycles. The van der Waals surface area contributed by atoms with Gasteiger partial charge in [-0.1, -0.05) is 11.3 Å². The van der Waals surface area contributed by atoms with Crippen LogP contribution in [0.15, 0.2) is 12.4 Å². The minimum absolute atomic E-state index is 0.227. The number of aromatic nitrogens is 3. The van der Waals surface area contributed by atoms with Crippen LogP contribution < -0.4 is 16.4 Å². The maximum Gasteiger partial charge on any atom is 0.265 e. The van der Waals surface area contributed by atoms with Crippen molar-refractivity contribution in [3.8, 4) is 0 Å². The molecular formula is C10H14N6OS. The number of nitrogens with two attached hydrogens (primary N) is 1. The third-order valence-electron chi connectivity index (χ3n) is 2.28. The van der Waals surface area contributed by atoms with Gasteiger partial charge in [-0.25, -0.2) is 4.98 Å². The van der Waals surface area contributed by atoms with Crippen LogP contribution in [0.4, 0.5) is 10.9 Å². The number of anilines is 2. The summed E-state index contributed by atoms with van der Waals surface area (Å²) >= 11 is 1.23. The summed E-state index contributed by atoms with van der Waals surface area (Å²) in [4.78, 5) is 16.3. The van der Waals surface area contributed by atoms with E-state index in [0.717, 1.165) is 5.56 Å². The first-order valence-corrected chi connectivity index (χ1v) is 6.11. The Balaban J connectivity index is 2.01. The average Bonchev–Trinajstić information content (AvgIpc) is 2.92. The molecule has 2 aromatic rings. The van der Waals surface area contributed by atoms with E-state index in [1.807, 2.05) is 13.2 Å². The second kappa shape index (κ2) is 5.05. The van der Waals surface area contributed by atoms with Crippen LogP contribution in [-0.4, -0.2) is 27.7 Å². The predicted octanol–water partition coefficient (Wildman–Crippen LogP) is 0.430. The van der Waals surface area contributed by atoms with E-state index < -0.39 is 0 Å². The summed E-state index contributed by atoms with van der Waals surface area (Å²) < 4.78 is 1.68. The standard InChI is InChI=1S/C10H14N6OS/c1-12-10-15-8(11)7(18-10)9(17)13-3-6-4-14-16(2)5-6/h4-5H,3,11H2,1-2H3,(H,12,15)(H,13,17). The first-order valence-electron chi connectivity index (χ1n) is 5.30. The number of nitrogens with one attached hydrogen (secondary N) is 2. The second-order valence-electron chi connectivity index (χ2n) is 3.69. The molecule has 0 bridgehead atoms. The largest absolute Gasteiger partial charge is 0.382 e. The lowest BCUT2D eigenvalue weighted by Gasteiger charge is -2.01. The highest BCUT2D eigenvalue weighted by Gasteiger charge is 2.15. The van der Waals surface area contributed by atoms with Gasteiger partial charge in [0, 0.05) is 32.4 Å². The van der Waals surface area contributed by atoms with Crippen molar-refractivity contribution in [2.24, 2.45) is 7.05 Å². The van der Waals surface area contributed by atoms with Crippen LogP contribution in [0.25, 0.3) is 0 Å². The van der Waals surface area contributed by atoms with Gasteiger partial charge in [-0.05, 0) is 0 Å². The topological polar surface area (TPSA) is 97.9 Å². The Hall–Kier alpha value is -2.09. The van der Waals surface area contributed by atoms with E-state index in [4.69, 9.17) is 5.73 Å². The van der Waals surface area contributed by atoms with Crippen molar-refractivity contribution in [2.75, 3.05) is 18.1 Å². The van der Waals surface area contributed by atoms with Crippen LogP contribution >= 0.6 is 11.3 Å². The molecule has 0 aliphatic carbocycles. The molecule has 0 atom stereocenters. The van der Waals surface area contributed by atoms with Crippen molar-refractivity contribution in [2.45, 2.75) is 6.54 Å². The predicted molar refractivity (Wildman–Crippen MR) is 70.5 cm³/mol. The maximum atomic E-state index is 11.9. The van der Waals surface area contributed by atoms with Gasteiger partial charge in [0.25, 0.3) is 5.91 Å². The van der Waals surface area contributed by atoms with Gasteiger partial charge >= 0.3 is 0 Å². The van der Waals surface area contributed by atoms with Crippen molar-refractivity contribution in [3.63, 3.8) is 0 Å².